The van der Waals surface area contributed by atoms with Crippen LogP contribution in [0.3, 0.4) is 0 Å². The van der Waals surface area contributed by atoms with Gasteiger partial charge in [-0.25, -0.2) is 9.98 Å². The Labute approximate surface area is 147 Å². The van der Waals surface area contributed by atoms with Gasteiger partial charge in [0, 0.05) is 31.4 Å². The fourth-order valence-electron chi connectivity index (χ4n) is 1.58. The van der Waals surface area contributed by atoms with Gasteiger partial charge in [0.05, 0.1) is 10.7 Å². The van der Waals surface area contributed by atoms with Crippen LogP contribution in [0.1, 0.15) is 24.5 Å². The first kappa shape index (κ1) is 20.1. The number of rotatable bonds is 7. The second-order valence-electron chi connectivity index (χ2n) is 4.18. The van der Waals surface area contributed by atoms with E-state index in [-0.39, 0.29) is 36.4 Å². The molecule has 6 nitrogen and oxygen atoms in total. The summed E-state index contributed by atoms with van der Waals surface area (Å²) in [5, 5.41) is 12.2. The summed E-state index contributed by atoms with van der Waals surface area (Å²) in [5.74, 6) is 0.588. The monoisotopic (exact) mass is 425 g/mol. The molecule has 0 atom stereocenters. The summed E-state index contributed by atoms with van der Waals surface area (Å²) in [4.78, 5) is 20.0. The van der Waals surface area contributed by atoms with Crippen molar-refractivity contribution in [2.24, 2.45) is 4.99 Å². The summed E-state index contributed by atoms with van der Waals surface area (Å²) in [6.45, 7) is 8.15. The van der Waals surface area contributed by atoms with Crippen molar-refractivity contribution in [3.63, 3.8) is 0 Å². The van der Waals surface area contributed by atoms with Crippen molar-refractivity contribution in [2.45, 2.75) is 27.2 Å². The van der Waals surface area contributed by atoms with Gasteiger partial charge in [-0.1, -0.05) is 0 Å². The van der Waals surface area contributed by atoms with Gasteiger partial charge < -0.3 is 16.0 Å². The molecule has 120 valence electrons. The zero-order chi connectivity index (χ0) is 14.8. The van der Waals surface area contributed by atoms with Gasteiger partial charge in [0.2, 0.25) is 5.91 Å². The second kappa shape index (κ2) is 11.7. The maximum Gasteiger partial charge on any atom is 0.241 e. The number of hydrogen-bond donors (Lipinski definition) is 3. The minimum Gasteiger partial charge on any atom is -0.357 e. The minimum atomic E-state index is -0.0696. The fourth-order valence-corrected chi connectivity index (χ4v) is 2.22. The number of amides is 1. The van der Waals surface area contributed by atoms with E-state index in [1.54, 1.807) is 11.3 Å². The summed E-state index contributed by atoms with van der Waals surface area (Å²) >= 11 is 1.66. The summed E-state index contributed by atoms with van der Waals surface area (Å²) in [5.41, 5.74) is 1.08. The van der Waals surface area contributed by atoms with E-state index in [2.05, 4.69) is 31.3 Å². The van der Waals surface area contributed by atoms with Crippen LogP contribution in [0.15, 0.2) is 10.4 Å². The van der Waals surface area contributed by atoms with Gasteiger partial charge in [0.25, 0.3) is 0 Å². The van der Waals surface area contributed by atoms with E-state index in [9.17, 15) is 4.79 Å². The fraction of sp³-hybridized carbons (Fsp3) is 0.615. The number of halogens is 1. The standard InChI is InChI=1S/C13H23N5OS.HI/c1-4-14-12(19)8-17-13(15-5-2)16-7-6-11-9-20-10(3)18-11;/h9H,4-8H2,1-3H3,(H,14,19)(H2,15,16,17);1H. The number of aryl methyl sites for hydroxylation is 1. The molecular weight excluding hydrogens is 401 g/mol. The number of guanidine groups is 1. The Kier molecular flexibility index (Phi) is 11.2. The molecule has 0 unspecified atom stereocenters. The van der Waals surface area contributed by atoms with Gasteiger partial charge in [0.1, 0.15) is 6.54 Å². The number of carbonyl (C=O) groups is 1. The SMILES string of the molecule is CCNC(=O)CN=C(NCC)NCCc1csc(C)n1.I. The average Bonchev–Trinajstić information content (AvgIpc) is 2.82. The highest BCUT2D eigenvalue weighted by Gasteiger charge is 2.02. The largest absolute Gasteiger partial charge is 0.357 e. The maximum atomic E-state index is 11.4. The van der Waals surface area contributed by atoms with E-state index in [1.165, 1.54) is 0 Å². The maximum absolute atomic E-state index is 11.4. The Morgan fingerprint density at radius 3 is 2.57 bits per heavy atom. The molecule has 8 heteroatoms. The Morgan fingerprint density at radius 1 is 1.29 bits per heavy atom. The lowest BCUT2D eigenvalue weighted by Crippen LogP contribution is -2.39. The molecule has 3 N–H and O–H groups in total. The van der Waals surface area contributed by atoms with E-state index in [0.717, 1.165) is 30.2 Å². The zero-order valence-corrected chi connectivity index (χ0v) is 15.9. The van der Waals surface area contributed by atoms with Crippen molar-refractivity contribution in [3.05, 3.63) is 16.1 Å². The van der Waals surface area contributed by atoms with Crippen LogP contribution in [0.4, 0.5) is 0 Å². The zero-order valence-electron chi connectivity index (χ0n) is 12.7. The van der Waals surface area contributed by atoms with Crippen LogP contribution in [-0.2, 0) is 11.2 Å². The molecule has 1 aromatic rings. The Bertz CT molecular complexity index is 450. The van der Waals surface area contributed by atoms with Crippen molar-refractivity contribution in [1.82, 2.24) is 20.9 Å². The van der Waals surface area contributed by atoms with Crippen molar-refractivity contribution >= 4 is 47.2 Å². The molecule has 1 heterocycles. The molecule has 0 aromatic carbocycles. The molecule has 1 rings (SSSR count). The smallest absolute Gasteiger partial charge is 0.241 e. The van der Waals surface area contributed by atoms with Gasteiger partial charge in [-0.05, 0) is 20.8 Å². The van der Waals surface area contributed by atoms with Gasteiger partial charge in [-0.15, -0.1) is 35.3 Å². The van der Waals surface area contributed by atoms with E-state index >= 15 is 0 Å². The molecular formula is C13H24IN5OS. The molecule has 0 bridgehead atoms. The second-order valence-corrected chi connectivity index (χ2v) is 5.25. The first-order chi connectivity index (χ1) is 9.65. The molecule has 0 radical (unpaired) electrons. The van der Waals surface area contributed by atoms with E-state index in [4.69, 9.17) is 0 Å². The van der Waals surface area contributed by atoms with E-state index < -0.39 is 0 Å². The third kappa shape index (κ3) is 8.86. The third-order valence-corrected chi connectivity index (χ3v) is 3.26. The number of hydrogen-bond acceptors (Lipinski definition) is 4. The molecule has 1 aromatic heterocycles. The Hall–Kier alpha value is -0.900. The number of nitrogens with zero attached hydrogens (tertiary/aromatic N) is 2. The summed E-state index contributed by atoms with van der Waals surface area (Å²) < 4.78 is 0. The van der Waals surface area contributed by atoms with E-state index in [0.29, 0.717) is 12.5 Å². The van der Waals surface area contributed by atoms with Gasteiger partial charge in [-0.2, -0.15) is 0 Å². The number of thiazole rings is 1. The molecule has 0 aliphatic heterocycles. The normalized spacial score (nSPS) is 10.7. The van der Waals surface area contributed by atoms with Gasteiger partial charge in [0.15, 0.2) is 5.96 Å². The van der Waals surface area contributed by atoms with Crippen LogP contribution in [0.25, 0.3) is 0 Å². The van der Waals surface area contributed by atoms with Crippen LogP contribution in [0.5, 0.6) is 0 Å². The lowest BCUT2D eigenvalue weighted by molar-refractivity contribution is -0.119. The average molecular weight is 425 g/mol. The van der Waals surface area contributed by atoms with Crippen LogP contribution in [0.2, 0.25) is 0 Å². The number of aromatic nitrogens is 1. The molecule has 0 fully saturated rings. The number of carbonyl (C=O) groups excluding carboxylic acids is 1. The summed E-state index contributed by atoms with van der Waals surface area (Å²) in [6.07, 6.45) is 0.843. The molecule has 21 heavy (non-hydrogen) atoms. The predicted molar refractivity (Wildman–Crippen MR) is 98.6 cm³/mol. The van der Waals surface area contributed by atoms with Crippen molar-refractivity contribution in [3.8, 4) is 0 Å². The highest BCUT2D eigenvalue weighted by molar-refractivity contribution is 14.0. The number of aliphatic imine (C=N–C) groups is 1. The molecule has 0 aliphatic rings. The summed E-state index contributed by atoms with van der Waals surface area (Å²) in [7, 11) is 0. The number of nitrogens with one attached hydrogen (secondary N) is 3. The lowest BCUT2D eigenvalue weighted by atomic mass is 10.3. The van der Waals surface area contributed by atoms with Crippen molar-refractivity contribution < 1.29 is 4.79 Å². The summed E-state index contributed by atoms with van der Waals surface area (Å²) in [6, 6.07) is 0. The predicted octanol–water partition coefficient (Wildman–Crippen LogP) is 1.30. The highest BCUT2D eigenvalue weighted by atomic mass is 127. The minimum absolute atomic E-state index is 0. The Morgan fingerprint density at radius 2 is 2.00 bits per heavy atom. The molecule has 0 spiro atoms. The van der Waals surface area contributed by atoms with Crippen molar-refractivity contribution in [2.75, 3.05) is 26.2 Å². The van der Waals surface area contributed by atoms with Crippen LogP contribution >= 0.6 is 35.3 Å². The quantitative estimate of drug-likeness (QED) is 0.350. The third-order valence-electron chi connectivity index (χ3n) is 2.44. The molecule has 0 aliphatic carbocycles. The molecule has 0 saturated carbocycles. The first-order valence-corrected chi connectivity index (χ1v) is 7.73. The van der Waals surface area contributed by atoms with E-state index in [1.807, 2.05) is 20.8 Å². The number of likely N-dealkylation sites (N-methyl/N-ethyl adjacent to an activating group) is 1. The lowest BCUT2D eigenvalue weighted by Gasteiger charge is -2.10. The first-order valence-electron chi connectivity index (χ1n) is 6.85. The molecule has 0 saturated heterocycles. The van der Waals surface area contributed by atoms with Crippen molar-refractivity contribution in [1.29, 1.82) is 0 Å². The van der Waals surface area contributed by atoms with Gasteiger partial charge >= 0.3 is 0 Å². The Balaban J connectivity index is 0.00000400. The van der Waals surface area contributed by atoms with Gasteiger partial charge in [-0.3, -0.25) is 4.79 Å². The molecule has 1 amide bonds. The van der Waals surface area contributed by atoms with Crippen LogP contribution < -0.4 is 16.0 Å². The topological polar surface area (TPSA) is 78.4 Å². The highest BCUT2D eigenvalue weighted by Crippen LogP contribution is 2.07. The van der Waals surface area contributed by atoms with Crippen LogP contribution in [0, 0.1) is 6.92 Å². The van der Waals surface area contributed by atoms with Crippen LogP contribution in [-0.4, -0.2) is 43.0 Å².